The summed E-state index contributed by atoms with van der Waals surface area (Å²) in [6.07, 6.45) is 1.39. The van der Waals surface area contributed by atoms with Crippen molar-refractivity contribution in [2.45, 2.75) is 26.3 Å². The summed E-state index contributed by atoms with van der Waals surface area (Å²) in [6, 6.07) is 0. The van der Waals surface area contributed by atoms with Crippen LogP contribution in [0.2, 0.25) is 5.02 Å². The van der Waals surface area contributed by atoms with Crippen LogP contribution < -0.4 is 5.32 Å². The van der Waals surface area contributed by atoms with Gasteiger partial charge < -0.3 is 10.4 Å². The summed E-state index contributed by atoms with van der Waals surface area (Å²) in [5.74, 6) is -0.964. The van der Waals surface area contributed by atoms with E-state index in [1.54, 1.807) is 0 Å². The van der Waals surface area contributed by atoms with Crippen LogP contribution in [-0.4, -0.2) is 31.9 Å². The van der Waals surface area contributed by atoms with Crippen molar-refractivity contribution < 1.29 is 14.7 Å². The number of aromatic carboxylic acids is 1. The van der Waals surface area contributed by atoms with Crippen molar-refractivity contribution >= 4 is 34.8 Å². The average molecular weight is 341 g/mol. The molecular weight excluding hydrogens is 328 g/mol. The maximum absolute atomic E-state index is 12.1. The summed E-state index contributed by atoms with van der Waals surface area (Å²) < 4.78 is 0. The molecule has 7 nitrogen and oxygen atoms in total. The molecule has 0 spiro atoms. The van der Waals surface area contributed by atoms with Gasteiger partial charge in [0.05, 0.1) is 17.8 Å². The van der Waals surface area contributed by atoms with Gasteiger partial charge in [0.15, 0.2) is 5.69 Å². The molecule has 0 aliphatic carbocycles. The number of hydrogen-bond acceptors (Lipinski definition) is 6. The standard InChI is InChI=1S/C13H13ClN4O3S/c1-6(2)11-15-3-7(14)10(18-11)12(19)16-4-9-17-8(5-22-9)13(20)21/h3,5-6H,4H2,1-2H3,(H,16,19)(H,20,21). The molecule has 0 aromatic carbocycles. The number of carboxylic acid groups (broad SMARTS) is 1. The molecule has 2 N–H and O–H groups in total. The van der Waals surface area contributed by atoms with Crippen molar-refractivity contribution in [3.8, 4) is 0 Å². The minimum atomic E-state index is -1.10. The molecule has 0 saturated carbocycles. The van der Waals surface area contributed by atoms with Crippen LogP contribution in [0, 0.1) is 0 Å². The minimum Gasteiger partial charge on any atom is -0.476 e. The van der Waals surface area contributed by atoms with Crippen LogP contribution in [0.4, 0.5) is 0 Å². The van der Waals surface area contributed by atoms with Gasteiger partial charge in [-0.3, -0.25) is 4.79 Å². The van der Waals surface area contributed by atoms with Crippen LogP contribution in [0.1, 0.15) is 51.6 Å². The second-order valence-corrected chi connectivity index (χ2v) is 6.04. The van der Waals surface area contributed by atoms with E-state index < -0.39 is 11.9 Å². The fourth-order valence-corrected chi connectivity index (χ4v) is 2.43. The molecule has 2 aromatic heterocycles. The van der Waals surface area contributed by atoms with Gasteiger partial charge >= 0.3 is 5.97 Å². The Bertz CT molecular complexity index is 717. The average Bonchev–Trinajstić information content (AvgIpc) is 2.94. The van der Waals surface area contributed by atoms with E-state index in [9.17, 15) is 9.59 Å². The van der Waals surface area contributed by atoms with Crippen LogP contribution in [-0.2, 0) is 6.54 Å². The number of nitrogens with one attached hydrogen (secondary N) is 1. The van der Waals surface area contributed by atoms with Crippen LogP contribution in [0.25, 0.3) is 0 Å². The van der Waals surface area contributed by atoms with Gasteiger partial charge in [0, 0.05) is 11.3 Å². The minimum absolute atomic E-state index is 0.0450. The Morgan fingerprint density at radius 1 is 1.41 bits per heavy atom. The normalized spacial score (nSPS) is 10.7. The van der Waals surface area contributed by atoms with E-state index in [1.165, 1.54) is 11.6 Å². The number of nitrogens with zero attached hydrogens (tertiary/aromatic N) is 3. The van der Waals surface area contributed by atoms with E-state index in [4.69, 9.17) is 16.7 Å². The number of hydrogen-bond donors (Lipinski definition) is 2. The third kappa shape index (κ3) is 3.77. The molecular formula is C13H13ClN4O3S. The van der Waals surface area contributed by atoms with E-state index in [0.29, 0.717) is 10.8 Å². The van der Waals surface area contributed by atoms with Gasteiger partial charge in [-0.15, -0.1) is 11.3 Å². The first-order valence-electron chi connectivity index (χ1n) is 6.36. The lowest BCUT2D eigenvalue weighted by Gasteiger charge is -2.08. The second kappa shape index (κ2) is 6.80. The second-order valence-electron chi connectivity index (χ2n) is 4.69. The van der Waals surface area contributed by atoms with Crippen molar-refractivity contribution in [3.63, 3.8) is 0 Å². The predicted molar refractivity (Wildman–Crippen MR) is 81.4 cm³/mol. The van der Waals surface area contributed by atoms with Gasteiger partial charge in [0.1, 0.15) is 16.5 Å². The summed E-state index contributed by atoms with van der Waals surface area (Å²) in [6.45, 7) is 3.93. The first kappa shape index (κ1) is 16.3. The molecule has 0 aliphatic rings. The molecule has 2 aromatic rings. The molecule has 0 fully saturated rings. The number of rotatable bonds is 5. The van der Waals surface area contributed by atoms with Gasteiger partial charge in [-0.1, -0.05) is 25.4 Å². The zero-order valence-electron chi connectivity index (χ0n) is 11.8. The van der Waals surface area contributed by atoms with Gasteiger partial charge in [-0.05, 0) is 0 Å². The Morgan fingerprint density at radius 3 is 2.73 bits per heavy atom. The first-order chi connectivity index (χ1) is 10.4. The number of carbonyl (C=O) groups excluding carboxylic acids is 1. The zero-order valence-corrected chi connectivity index (χ0v) is 13.4. The molecule has 22 heavy (non-hydrogen) atoms. The van der Waals surface area contributed by atoms with E-state index in [0.717, 1.165) is 11.3 Å². The molecule has 0 radical (unpaired) electrons. The molecule has 2 rings (SSSR count). The summed E-state index contributed by atoms with van der Waals surface area (Å²) in [7, 11) is 0. The van der Waals surface area contributed by atoms with E-state index in [-0.39, 0.29) is 28.9 Å². The number of halogens is 1. The van der Waals surface area contributed by atoms with E-state index in [2.05, 4.69) is 20.3 Å². The molecule has 1 amide bonds. The van der Waals surface area contributed by atoms with Gasteiger partial charge in [-0.25, -0.2) is 19.7 Å². The molecule has 0 unspecified atom stereocenters. The highest BCUT2D eigenvalue weighted by Gasteiger charge is 2.16. The smallest absolute Gasteiger partial charge is 0.355 e. The van der Waals surface area contributed by atoms with E-state index >= 15 is 0 Å². The molecule has 0 saturated heterocycles. The van der Waals surface area contributed by atoms with Crippen molar-refractivity contribution in [1.29, 1.82) is 0 Å². The Labute approximate surface area is 135 Å². The maximum atomic E-state index is 12.1. The lowest BCUT2D eigenvalue weighted by Crippen LogP contribution is -2.25. The Kier molecular flexibility index (Phi) is 5.04. The molecule has 9 heteroatoms. The molecule has 0 aliphatic heterocycles. The van der Waals surface area contributed by atoms with Crippen LogP contribution in [0.5, 0.6) is 0 Å². The first-order valence-corrected chi connectivity index (χ1v) is 7.62. The number of thiazole rings is 1. The quantitative estimate of drug-likeness (QED) is 0.865. The Balaban J connectivity index is 2.08. The summed E-state index contributed by atoms with van der Waals surface area (Å²) in [4.78, 5) is 35.0. The summed E-state index contributed by atoms with van der Waals surface area (Å²) >= 11 is 7.10. The van der Waals surface area contributed by atoms with Gasteiger partial charge in [-0.2, -0.15) is 0 Å². The summed E-state index contributed by atoms with van der Waals surface area (Å²) in [5.41, 5.74) is 0.0480. The molecule has 0 atom stereocenters. The monoisotopic (exact) mass is 340 g/mol. The predicted octanol–water partition coefficient (Wildman–Crippen LogP) is 2.34. The Morgan fingerprint density at radius 2 is 2.14 bits per heavy atom. The summed E-state index contributed by atoms with van der Waals surface area (Å²) in [5, 5.41) is 13.5. The van der Waals surface area contributed by atoms with Crippen molar-refractivity contribution in [2.24, 2.45) is 0 Å². The third-order valence-electron chi connectivity index (χ3n) is 2.67. The van der Waals surface area contributed by atoms with Crippen LogP contribution in [0.3, 0.4) is 0 Å². The highest BCUT2D eigenvalue weighted by atomic mass is 35.5. The topological polar surface area (TPSA) is 105 Å². The SMILES string of the molecule is CC(C)c1ncc(Cl)c(C(=O)NCc2nc(C(=O)O)cs2)n1. The molecule has 116 valence electrons. The van der Waals surface area contributed by atoms with Crippen molar-refractivity contribution in [2.75, 3.05) is 0 Å². The van der Waals surface area contributed by atoms with Gasteiger partial charge in [0.2, 0.25) is 0 Å². The lowest BCUT2D eigenvalue weighted by molar-refractivity contribution is 0.0691. The fourth-order valence-electron chi connectivity index (χ4n) is 1.55. The lowest BCUT2D eigenvalue weighted by atomic mass is 10.2. The molecule has 2 heterocycles. The number of amides is 1. The van der Waals surface area contributed by atoms with Gasteiger partial charge in [0.25, 0.3) is 5.91 Å². The zero-order chi connectivity index (χ0) is 16.3. The van der Waals surface area contributed by atoms with Crippen LogP contribution in [0.15, 0.2) is 11.6 Å². The maximum Gasteiger partial charge on any atom is 0.355 e. The van der Waals surface area contributed by atoms with Crippen molar-refractivity contribution in [3.05, 3.63) is 38.8 Å². The van der Waals surface area contributed by atoms with Crippen LogP contribution >= 0.6 is 22.9 Å². The number of carbonyl (C=O) groups is 2. The largest absolute Gasteiger partial charge is 0.476 e. The number of carboxylic acids is 1. The molecule has 0 bridgehead atoms. The number of aromatic nitrogens is 3. The Hall–Kier alpha value is -2.06. The van der Waals surface area contributed by atoms with Crippen molar-refractivity contribution in [1.82, 2.24) is 20.3 Å². The third-order valence-corrected chi connectivity index (χ3v) is 3.79. The highest BCUT2D eigenvalue weighted by Crippen LogP contribution is 2.16. The van der Waals surface area contributed by atoms with E-state index in [1.807, 2.05) is 13.8 Å². The fraction of sp³-hybridized carbons (Fsp3) is 0.308. The highest BCUT2D eigenvalue weighted by molar-refractivity contribution is 7.09.